The number of benzene rings is 1. The Labute approximate surface area is 95.3 Å². The van der Waals surface area contributed by atoms with E-state index in [1.165, 1.54) is 5.56 Å². The van der Waals surface area contributed by atoms with Gasteiger partial charge in [-0.25, -0.2) is 0 Å². The molecule has 0 N–H and O–H groups in total. The van der Waals surface area contributed by atoms with Gasteiger partial charge in [0, 0.05) is 19.0 Å². The Bertz CT molecular complexity index is 408. The summed E-state index contributed by atoms with van der Waals surface area (Å²) < 4.78 is 0. The zero-order chi connectivity index (χ0) is 11.4. The number of carbonyl (C=O) groups is 1. The van der Waals surface area contributed by atoms with Gasteiger partial charge in [-0.15, -0.1) is 0 Å². The summed E-state index contributed by atoms with van der Waals surface area (Å²) in [4.78, 5) is 13.3. The zero-order valence-electron chi connectivity index (χ0n) is 9.10. The molecule has 3 nitrogen and oxygen atoms in total. The lowest BCUT2D eigenvalue weighted by molar-refractivity contribution is -0.129. The van der Waals surface area contributed by atoms with Crippen LogP contribution in [0.2, 0.25) is 0 Å². The average Bonchev–Trinajstić information content (AvgIpc) is 2.80. The van der Waals surface area contributed by atoms with Crippen LogP contribution in [0.4, 0.5) is 0 Å². The summed E-state index contributed by atoms with van der Waals surface area (Å²) >= 11 is 0. The largest absolute Gasteiger partial charge is 0.341 e. The van der Waals surface area contributed by atoms with Gasteiger partial charge in [-0.1, -0.05) is 30.3 Å². The number of nitriles is 1. The summed E-state index contributed by atoms with van der Waals surface area (Å²) in [6, 6.07) is 12.2. The van der Waals surface area contributed by atoms with Crippen LogP contribution in [-0.4, -0.2) is 23.9 Å². The highest BCUT2D eigenvalue weighted by Gasteiger charge is 2.26. The fourth-order valence-electron chi connectivity index (χ4n) is 2.16. The third kappa shape index (κ3) is 2.22. The lowest BCUT2D eigenvalue weighted by atomic mass is 9.99. The van der Waals surface area contributed by atoms with Crippen molar-refractivity contribution in [1.29, 1.82) is 5.26 Å². The van der Waals surface area contributed by atoms with Gasteiger partial charge in [0.2, 0.25) is 5.91 Å². The molecule has 1 atom stereocenters. The van der Waals surface area contributed by atoms with Crippen molar-refractivity contribution in [1.82, 2.24) is 4.90 Å². The lowest BCUT2D eigenvalue weighted by Crippen LogP contribution is -2.27. The van der Waals surface area contributed by atoms with Gasteiger partial charge in [0.1, 0.15) is 6.42 Å². The normalized spacial score (nSPS) is 19.4. The van der Waals surface area contributed by atoms with E-state index in [0.29, 0.717) is 5.92 Å². The minimum atomic E-state index is -0.0408. The third-order valence-electron chi connectivity index (χ3n) is 3.04. The van der Waals surface area contributed by atoms with Crippen molar-refractivity contribution >= 4 is 5.91 Å². The van der Waals surface area contributed by atoms with Crippen molar-refractivity contribution in [2.75, 3.05) is 13.1 Å². The molecule has 0 aliphatic carbocycles. The number of hydrogen-bond donors (Lipinski definition) is 0. The summed E-state index contributed by atoms with van der Waals surface area (Å²) in [5.41, 5.74) is 1.29. The van der Waals surface area contributed by atoms with E-state index in [9.17, 15) is 4.79 Å². The molecule has 2 rings (SSSR count). The molecular formula is C13H14N2O. The Balaban J connectivity index is 1.99. The fourth-order valence-corrected chi connectivity index (χ4v) is 2.16. The van der Waals surface area contributed by atoms with E-state index in [4.69, 9.17) is 5.26 Å². The first-order chi connectivity index (χ1) is 7.81. The van der Waals surface area contributed by atoms with Crippen molar-refractivity contribution in [2.24, 2.45) is 0 Å². The number of hydrogen-bond acceptors (Lipinski definition) is 2. The van der Waals surface area contributed by atoms with E-state index >= 15 is 0 Å². The molecule has 1 saturated heterocycles. The number of nitrogens with zero attached hydrogens (tertiary/aromatic N) is 2. The third-order valence-corrected chi connectivity index (χ3v) is 3.04. The summed E-state index contributed by atoms with van der Waals surface area (Å²) in [6.07, 6.45) is 1.00. The molecule has 1 unspecified atom stereocenters. The van der Waals surface area contributed by atoms with Gasteiger partial charge in [0.25, 0.3) is 0 Å². The summed E-state index contributed by atoms with van der Waals surface area (Å²) in [7, 11) is 0. The Hall–Kier alpha value is -1.82. The van der Waals surface area contributed by atoms with Crippen molar-refractivity contribution in [3.05, 3.63) is 35.9 Å². The molecule has 1 fully saturated rings. The second-order valence-corrected chi connectivity index (χ2v) is 4.07. The predicted molar refractivity (Wildman–Crippen MR) is 60.6 cm³/mol. The van der Waals surface area contributed by atoms with E-state index in [2.05, 4.69) is 12.1 Å². The van der Waals surface area contributed by atoms with Crippen LogP contribution in [0.5, 0.6) is 0 Å². The summed E-state index contributed by atoms with van der Waals surface area (Å²) in [5.74, 6) is 0.393. The van der Waals surface area contributed by atoms with Crippen LogP contribution in [0.1, 0.15) is 24.3 Å². The van der Waals surface area contributed by atoms with Crippen LogP contribution in [0.15, 0.2) is 30.3 Å². The lowest BCUT2D eigenvalue weighted by Gasteiger charge is -2.14. The molecule has 1 aliphatic rings. The molecule has 0 spiro atoms. The monoisotopic (exact) mass is 214 g/mol. The maximum absolute atomic E-state index is 11.5. The SMILES string of the molecule is N#CCC(=O)N1CCC(c2ccccc2)C1. The topological polar surface area (TPSA) is 44.1 Å². The van der Waals surface area contributed by atoms with Gasteiger partial charge < -0.3 is 4.90 Å². The molecule has 1 aromatic rings. The highest BCUT2D eigenvalue weighted by Crippen LogP contribution is 2.27. The number of carbonyl (C=O) groups excluding carboxylic acids is 1. The maximum Gasteiger partial charge on any atom is 0.236 e. The Morgan fingerprint density at radius 2 is 2.19 bits per heavy atom. The molecule has 1 amide bonds. The maximum atomic E-state index is 11.5. The Kier molecular flexibility index (Phi) is 3.21. The molecule has 1 aliphatic heterocycles. The minimum absolute atomic E-state index is 0.00150. The van der Waals surface area contributed by atoms with E-state index < -0.39 is 0 Å². The molecule has 16 heavy (non-hydrogen) atoms. The molecule has 3 heteroatoms. The van der Waals surface area contributed by atoms with E-state index in [-0.39, 0.29) is 12.3 Å². The summed E-state index contributed by atoms with van der Waals surface area (Å²) in [5, 5.41) is 8.48. The number of rotatable bonds is 2. The molecule has 0 saturated carbocycles. The van der Waals surface area contributed by atoms with Crippen LogP contribution < -0.4 is 0 Å². The highest BCUT2D eigenvalue weighted by atomic mass is 16.2. The highest BCUT2D eigenvalue weighted by molar-refractivity contribution is 5.78. The second kappa shape index (κ2) is 4.80. The zero-order valence-corrected chi connectivity index (χ0v) is 9.10. The van der Waals surface area contributed by atoms with E-state index in [1.807, 2.05) is 24.3 Å². The van der Waals surface area contributed by atoms with E-state index in [0.717, 1.165) is 19.5 Å². The van der Waals surface area contributed by atoms with Gasteiger partial charge >= 0.3 is 0 Å². The minimum Gasteiger partial charge on any atom is -0.341 e. The van der Waals surface area contributed by atoms with Gasteiger partial charge in [-0.05, 0) is 12.0 Å². The molecule has 0 bridgehead atoms. The van der Waals surface area contributed by atoms with Crippen molar-refractivity contribution in [2.45, 2.75) is 18.8 Å². The fraction of sp³-hybridized carbons (Fsp3) is 0.385. The molecule has 82 valence electrons. The summed E-state index contributed by atoms with van der Waals surface area (Å²) in [6.45, 7) is 1.53. The van der Waals surface area contributed by atoms with Crippen LogP contribution >= 0.6 is 0 Å². The first-order valence-corrected chi connectivity index (χ1v) is 5.51. The van der Waals surface area contributed by atoms with Gasteiger partial charge in [0.05, 0.1) is 6.07 Å². The van der Waals surface area contributed by atoms with Crippen LogP contribution in [0.25, 0.3) is 0 Å². The Morgan fingerprint density at radius 1 is 1.44 bits per heavy atom. The second-order valence-electron chi connectivity index (χ2n) is 4.07. The molecule has 1 aromatic carbocycles. The molecule has 0 aromatic heterocycles. The van der Waals surface area contributed by atoms with Gasteiger partial charge in [-0.2, -0.15) is 5.26 Å². The molecule has 1 heterocycles. The predicted octanol–water partition coefficient (Wildman–Crippen LogP) is 1.92. The number of amides is 1. The van der Waals surface area contributed by atoms with Gasteiger partial charge in [0.15, 0.2) is 0 Å². The van der Waals surface area contributed by atoms with Crippen LogP contribution in [-0.2, 0) is 4.79 Å². The quantitative estimate of drug-likeness (QED) is 0.754. The van der Waals surface area contributed by atoms with Crippen molar-refractivity contribution in [3.8, 4) is 6.07 Å². The van der Waals surface area contributed by atoms with Crippen LogP contribution in [0, 0.1) is 11.3 Å². The Morgan fingerprint density at radius 3 is 2.88 bits per heavy atom. The smallest absolute Gasteiger partial charge is 0.236 e. The average molecular weight is 214 g/mol. The molecule has 0 radical (unpaired) electrons. The van der Waals surface area contributed by atoms with Gasteiger partial charge in [-0.3, -0.25) is 4.79 Å². The molecular weight excluding hydrogens is 200 g/mol. The van der Waals surface area contributed by atoms with Crippen LogP contribution in [0.3, 0.4) is 0 Å². The first kappa shape index (κ1) is 10.7. The van der Waals surface area contributed by atoms with E-state index in [1.54, 1.807) is 4.90 Å². The number of likely N-dealkylation sites (tertiary alicyclic amines) is 1. The first-order valence-electron chi connectivity index (χ1n) is 5.51. The van der Waals surface area contributed by atoms with Crippen molar-refractivity contribution < 1.29 is 4.79 Å². The van der Waals surface area contributed by atoms with Crippen molar-refractivity contribution in [3.63, 3.8) is 0 Å². The standard InChI is InChI=1S/C13H14N2O/c14-8-6-13(16)15-9-7-12(10-15)11-4-2-1-3-5-11/h1-5,12H,6-7,9-10H2.